The number of unbranched alkanes of at least 4 members (excludes halogenated alkanes) is 1. The first-order valence-electron chi connectivity index (χ1n) is 4.77. The molecule has 0 aromatic rings. The Balaban J connectivity index is 4.01. The van der Waals surface area contributed by atoms with Gasteiger partial charge in [-0.25, -0.2) is 4.79 Å². The van der Waals surface area contributed by atoms with Gasteiger partial charge in [0.1, 0.15) is 0 Å². The van der Waals surface area contributed by atoms with Crippen LogP contribution in [0.1, 0.15) is 40.5 Å². The van der Waals surface area contributed by atoms with E-state index in [0.29, 0.717) is 6.61 Å². The van der Waals surface area contributed by atoms with Crippen LogP contribution in [0.2, 0.25) is 0 Å². The van der Waals surface area contributed by atoms with Gasteiger partial charge in [0.25, 0.3) is 0 Å². The Morgan fingerprint density at radius 1 is 1.29 bits per heavy atom. The van der Waals surface area contributed by atoms with Crippen LogP contribution in [-0.2, 0) is 19.1 Å². The Bertz CT molecular complexity index is 208. The molecule has 0 radical (unpaired) electrons. The predicted octanol–water partition coefficient (Wildman–Crippen LogP) is 1.67. The van der Waals surface area contributed by atoms with Crippen LogP contribution in [0.15, 0.2) is 0 Å². The maximum absolute atomic E-state index is 11.4. The van der Waals surface area contributed by atoms with E-state index in [1.165, 1.54) is 20.8 Å². The molecule has 0 saturated heterocycles. The summed E-state index contributed by atoms with van der Waals surface area (Å²) in [5, 5.41) is 0. The largest absolute Gasteiger partial charge is 0.463 e. The minimum Gasteiger partial charge on any atom is -0.463 e. The molecule has 0 rings (SSSR count). The third kappa shape index (κ3) is 4.84. The van der Waals surface area contributed by atoms with Crippen molar-refractivity contribution in [3.05, 3.63) is 0 Å². The fourth-order valence-corrected chi connectivity index (χ4v) is 0.884. The molecule has 0 atom stereocenters. The van der Waals surface area contributed by atoms with E-state index in [4.69, 9.17) is 9.47 Å². The average Bonchev–Trinajstić information content (AvgIpc) is 2.02. The number of carbonyl (C=O) groups is 2. The Hall–Kier alpha value is -1.06. The minimum absolute atomic E-state index is 0.375. The van der Waals surface area contributed by atoms with E-state index in [9.17, 15) is 9.59 Å². The van der Waals surface area contributed by atoms with E-state index in [2.05, 4.69) is 0 Å². The lowest BCUT2D eigenvalue weighted by Crippen LogP contribution is -2.38. The molecule has 82 valence electrons. The molecule has 14 heavy (non-hydrogen) atoms. The van der Waals surface area contributed by atoms with Crippen LogP contribution in [0.5, 0.6) is 0 Å². The standard InChI is InChI=1S/C10H18O4/c1-5-6-7-13-9(12)10(3,4)14-8(2)11/h5-7H2,1-4H3. The molecule has 0 aliphatic rings. The molecule has 4 nitrogen and oxygen atoms in total. The Morgan fingerprint density at radius 3 is 2.29 bits per heavy atom. The molecular weight excluding hydrogens is 184 g/mol. The SMILES string of the molecule is CCCCOC(=O)C(C)(C)OC(C)=O. The van der Waals surface area contributed by atoms with Crippen LogP contribution < -0.4 is 0 Å². The first-order chi connectivity index (χ1) is 6.40. The van der Waals surface area contributed by atoms with Gasteiger partial charge in [-0.2, -0.15) is 0 Å². The summed E-state index contributed by atoms with van der Waals surface area (Å²) in [4.78, 5) is 22.0. The summed E-state index contributed by atoms with van der Waals surface area (Å²) in [5.74, 6) is -0.983. The van der Waals surface area contributed by atoms with Crippen LogP contribution >= 0.6 is 0 Å². The molecule has 0 aromatic carbocycles. The van der Waals surface area contributed by atoms with E-state index in [1.807, 2.05) is 6.92 Å². The predicted molar refractivity (Wildman–Crippen MR) is 51.7 cm³/mol. The molecule has 0 N–H and O–H groups in total. The van der Waals surface area contributed by atoms with Crippen LogP contribution in [0.3, 0.4) is 0 Å². The lowest BCUT2D eigenvalue weighted by molar-refractivity contribution is -0.177. The summed E-state index contributed by atoms with van der Waals surface area (Å²) in [6.45, 7) is 6.68. The van der Waals surface area contributed by atoms with Crippen molar-refractivity contribution in [1.82, 2.24) is 0 Å². The van der Waals surface area contributed by atoms with E-state index >= 15 is 0 Å². The minimum atomic E-state index is -1.18. The molecule has 0 unspecified atom stereocenters. The molecule has 0 spiro atoms. The zero-order chi connectivity index (χ0) is 11.2. The highest BCUT2D eigenvalue weighted by molar-refractivity contribution is 5.81. The average molecular weight is 202 g/mol. The molecule has 0 saturated carbocycles. The smallest absolute Gasteiger partial charge is 0.350 e. The van der Waals surface area contributed by atoms with E-state index in [-0.39, 0.29) is 0 Å². The van der Waals surface area contributed by atoms with Crippen molar-refractivity contribution in [3.8, 4) is 0 Å². The topological polar surface area (TPSA) is 52.6 Å². The van der Waals surface area contributed by atoms with Gasteiger partial charge in [0.2, 0.25) is 5.60 Å². The summed E-state index contributed by atoms with van der Waals surface area (Å²) in [6, 6.07) is 0. The molecule has 0 aromatic heterocycles. The second kappa shape index (κ2) is 5.62. The van der Waals surface area contributed by atoms with Gasteiger partial charge >= 0.3 is 11.9 Å². The van der Waals surface area contributed by atoms with Gasteiger partial charge in [-0.15, -0.1) is 0 Å². The molecule has 0 aliphatic carbocycles. The number of ether oxygens (including phenoxy) is 2. The van der Waals surface area contributed by atoms with Crippen molar-refractivity contribution in [3.63, 3.8) is 0 Å². The number of hydrogen-bond acceptors (Lipinski definition) is 4. The summed E-state index contributed by atoms with van der Waals surface area (Å²) in [5.41, 5.74) is -1.18. The second-order valence-electron chi connectivity index (χ2n) is 3.59. The fourth-order valence-electron chi connectivity index (χ4n) is 0.884. The lowest BCUT2D eigenvalue weighted by atomic mass is 10.1. The molecule has 0 bridgehead atoms. The zero-order valence-electron chi connectivity index (χ0n) is 9.25. The maximum atomic E-state index is 11.4. The number of carbonyl (C=O) groups excluding carboxylic acids is 2. The number of esters is 2. The van der Waals surface area contributed by atoms with Crippen molar-refractivity contribution >= 4 is 11.9 Å². The molecule has 0 fully saturated rings. The van der Waals surface area contributed by atoms with Gasteiger partial charge in [-0.05, 0) is 20.3 Å². The Morgan fingerprint density at radius 2 is 1.86 bits per heavy atom. The van der Waals surface area contributed by atoms with Gasteiger partial charge in [-0.3, -0.25) is 4.79 Å². The normalized spacial score (nSPS) is 10.9. The van der Waals surface area contributed by atoms with Crippen molar-refractivity contribution in [2.45, 2.75) is 46.1 Å². The van der Waals surface area contributed by atoms with Crippen LogP contribution in [0.25, 0.3) is 0 Å². The summed E-state index contributed by atoms with van der Waals surface area (Å²) < 4.78 is 9.75. The van der Waals surface area contributed by atoms with Gasteiger partial charge in [0.15, 0.2) is 0 Å². The molecule has 4 heteroatoms. The highest BCUT2D eigenvalue weighted by Crippen LogP contribution is 2.12. The summed E-state index contributed by atoms with van der Waals surface area (Å²) >= 11 is 0. The second-order valence-corrected chi connectivity index (χ2v) is 3.59. The van der Waals surface area contributed by atoms with Gasteiger partial charge < -0.3 is 9.47 Å². The highest BCUT2D eigenvalue weighted by Gasteiger charge is 2.32. The van der Waals surface area contributed by atoms with Crippen molar-refractivity contribution in [2.75, 3.05) is 6.61 Å². The monoisotopic (exact) mass is 202 g/mol. The van der Waals surface area contributed by atoms with Crippen molar-refractivity contribution in [1.29, 1.82) is 0 Å². The molecule has 0 heterocycles. The van der Waals surface area contributed by atoms with Gasteiger partial charge in [0.05, 0.1) is 6.61 Å². The molecule has 0 amide bonds. The zero-order valence-corrected chi connectivity index (χ0v) is 9.25. The third-order valence-electron chi connectivity index (χ3n) is 1.62. The van der Waals surface area contributed by atoms with Crippen LogP contribution in [0.4, 0.5) is 0 Å². The van der Waals surface area contributed by atoms with Crippen molar-refractivity contribution in [2.24, 2.45) is 0 Å². The molecular formula is C10H18O4. The van der Waals surface area contributed by atoms with Crippen molar-refractivity contribution < 1.29 is 19.1 Å². The molecule has 0 aliphatic heterocycles. The fraction of sp³-hybridized carbons (Fsp3) is 0.800. The van der Waals surface area contributed by atoms with Gasteiger partial charge in [0, 0.05) is 6.92 Å². The summed E-state index contributed by atoms with van der Waals surface area (Å²) in [6.07, 6.45) is 1.78. The lowest BCUT2D eigenvalue weighted by Gasteiger charge is -2.21. The third-order valence-corrected chi connectivity index (χ3v) is 1.62. The Labute approximate surface area is 84.6 Å². The maximum Gasteiger partial charge on any atom is 0.350 e. The first-order valence-corrected chi connectivity index (χ1v) is 4.77. The quantitative estimate of drug-likeness (QED) is 0.502. The number of hydrogen-bond donors (Lipinski definition) is 0. The Kier molecular flexibility index (Phi) is 5.20. The summed E-state index contributed by atoms with van der Waals surface area (Å²) in [7, 11) is 0. The van der Waals surface area contributed by atoms with Crippen LogP contribution in [-0.4, -0.2) is 24.1 Å². The number of rotatable bonds is 5. The van der Waals surface area contributed by atoms with E-state index < -0.39 is 17.5 Å². The van der Waals surface area contributed by atoms with E-state index in [1.54, 1.807) is 0 Å². The van der Waals surface area contributed by atoms with E-state index in [0.717, 1.165) is 12.8 Å². The van der Waals surface area contributed by atoms with Gasteiger partial charge in [-0.1, -0.05) is 13.3 Å². The first kappa shape index (κ1) is 12.9. The highest BCUT2D eigenvalue weighted by atomic mass is 16.6. The van der Waals surface area contributed by atoms with Crippen LogP contribution in [0, 0.1) is 0 Å².